The maximum atomic E-state index is 8.42. The zero-order valence-corrected chi connectivity index (χ0v) is 49.9. The van der Waals surface area contributed by atoms with E-state index < -0.39 is 0 Å². The molecular formula is C62H144O. The van der Waals surface area contributed by atoms with E-state index in [-0.39, 0.29) is 0 Å². The summed E-state index contributed by atoms with van der Waals surface area (Å²) in [6, 6.07) is 0. The zero-order chi connectivity index (χ0) is 50.4. The number of hydrogen-bond acceptors (Lipinski definition) is 1. The van der Waals surface area contributed by atoms with Crippen LogP contribution in [-0.4, -0.2) is 11.7 Å². The van der Waals surface area contributed by atoms with Crippen molar-refractivity contribution in [3.63, 3.8) is 0 Å². The van der Waals surface area contributed by atoms with Gasteiger partial charge < -0.3 is 5.11 Å². The van der Waals surface area contributed by atoms with Crippen molar-refractivity contribution in [2.45, 2.75) is 401 Å². The second-order valence-electron chi connectivity index (χ2n) is 17.9. The monoisotopic (exact) mass is 905 g/mol. The first kappa shape index (κ1) is 86.2. The molecule has 0 radical (unpaired) electrons. The fraction of sp³-hybridized carbons (Fsp3) is 1.00. The van der Waals surface area contributed by atoms with Gasteiger partial charge in [-0.15, -0.1) is 0 Å². The van der Waals surface area contributed by atoms with Crippen molar-refractivity contribution in [2.24, 2.45) is 0 Å². The van der Waals surface area contributed by atoms with Crippen LogP contribution in [0.1, 0.15) is 401 Å². The quantitative estimate of drug-likeness (QED) is 0.0651. The van der Waals surface area contributed by atoms with Crippen LogP contribution >= 0.6 is 0 Å². The van der Waals surface area contributed by atoms with Crippen LogP contribution in [0.2, 0.25) is 0 Å². The number of aliphatic hydroxyl groups excluding tert-OH is 1. The van der Waals surface area contributed by atoms with Crippen molar-refractivity contribution in [3.05, 3.63) is 0 Å². The van der Waals surface area contributed by atoms with Crippen LogP contribution in [0.5, 0.6) is 0 Å². The summed E-state index contributed by atoms with van der Waals surface area (Å²) in [6.07, 6.45) is 57.3. The van der Waals surface area contributed by atoms with E-state index in [2.05, 4.69) is 132 Å². The molecule has 0 heterocycles. The van der Waals surface area contributed by atoms with E-state index in [1.807, 2.05) is 0 Å². The molecule has 0 atom stereocenters. The van der Waals surface area contributed by atoms with E-state index in [0.717, 1.165) is 6.42 Å². The lowest BCUT2D eigenvalue weighted by Crippen LogP contribution is -1.82. The van der Waals surface area contributed by atoms with Crippen LogP contribution in [0, 0.1) is 0 Å². The van der Waals surface area contributed by atoms with Gasteiger partial charge in [0, 0.05) is 6.61 Å². The molecule has 0 saturated heterocycles. The highest BCUT2D eigenvalue weighted by Crippen LogP contribution is 2.04. The fourth-order valence-corrected chi connectivity index (χ4v) is 5.39. The fourth-order valence-electron chi connectivity index (χ4n) is 5.39. The lowest BCUT2D eigenvalue weighted by molar-refractivity contribution is 0.282. The summed E-state index contributed by atoms with van der Waals surface area (Å²) in [5.74, 6) is 0. The van der Waals surface area contributed by atoms with Crippen LogP contribution in [-0.2, 0) is 0 Å². The topological polar surface area (TPSA) is 20.2 Å². The van der Waals surface area contributed by atoms with Gasteiger partial charge in [-0.05, 0) is 6.42 Å². The molecule has 398 valence electrons. The lowest BCUT2D eigenvalue weighted by Gasteiger charge is -1.95. The van der Waals surface area contributed by atoms with Crippen molar-refractivity contribution in [3.8, 4) is 0 Å². The van der Waals surface area contributed by atoms with Gasteiger partial charge in [0.15, 0.2) is 0 Å². The average Bonchev–Trinajstić information content (AvgIpc) is 3.32. The smallest absolute Gasteiger partial charge is 0.0431 e. The first-order chi connectivity index (χ1) is 30.6. The molecule has 0 saturated carbocycles. The minimum Gasteiger partial charge on any atom is -0.396 e. The van der Waals surface area contributed by atoms with Crippen molar-refractivity contribution in [2.75, 3.05) is 6.61 Å². The Balaban J connectivity index is -0.0000000621. The van der Waals surface area contributed by atoms with Gasteiger partial charge in [-0.3, -0.25) is 0 Å². The summed E-state index contributed by atoms with van der Waals surface area (Å²) in [4.78, 5) is 0. The number of unbranched alkanes of at least 4 members (excludes halogenated alkanes) is 32. The van der Waals surface area contributed by atoms with Gasteiger partial charge in [0.05, 0.1) is 0 Å². The maximum Gasteiger partial charge on any atom is 0.0431 e. The van der Waals surface area contributed by atoms with E-state index >= 15 is 0 Å². The number of hydrogen-bond donors (Lipinski definition) is 1. The van der Waals surface area contributed by atoms with Crippen molar-refractivity contribution in [1.82, 2.24) is 0 Å². The van der Waals surface area contributed by atoms with Crippen molar-refractivity contribution >= 4 is 0 Å². The van der Waals surface area contributed by atoms with E-state index in [9.17, 15) is 0 Å². The largest absolute Gasteiger partial charge is 0.396 e. The van der Waals surface area contributed by atoms with E-state index in [1.54, 1.807) is 0 Å². The molecule has 63 heavy (non-hydrogen) atoms. The van der Waals surface area contributed by atoms with E-state index in [0.29, 0.717) is 6.61 Å². The molecule has 1 N–H and O–H groups in total. The van der Waals surface area contributed by atoms with Gasteiger partial charge in [0.2, 0.25) is 0 Å². The van der Waals surface area contributed by atoms with Gasteiger partial charge in [-0.1, -0.05) is 395 Å². The first-order valence-electron chi connectivity index (χ1n) is 30.3. The molecule has 0 aromatic rings. The standard InChI is InChI=1S/C8H18O.9C6H14/c1-2-3-4-5-6-7-8-9;9*1-3-5-6-4-2/h9H,2-8H2,1H3;9*3-6H2,1-2H3. The van der Waals surface area contributed by atoms with Gasteiger partial charge in [-0.25, -0.2) is 0 Å². The van der Waals surface area contributed by atoms with Gasteiger partial charge in [0.1, 0.15) is 0 Å². The summed E-state index contributed by atoms with van der Waals surface area (Å²) in [5.41, 5.74) is 0. The SMILES string of the molecule is CCCCCC.CCCCCC.CCCCCC.CCCCCC.CCCCCC.CCCCCC.CCCCCC.CCCCCC.CCCCCC.CCCCCCCCO. The van der Waals surface area contributed by atoms with Crippen molar-refractivity contribution in [1.29, 1.82) is 0 Å². The Morgan fingerprint density at radius 1 is 0.127 bits per heavy atom. The molecule has 0 aliphatic rings. The minimum absolute atomic E-state index is 0.367. The lowest BCUT2D eigenvalue weighted by atomic mass is 10.1. The molecule has 0 fully saturated rings. The van der Waals surface area contributed by atoms with Crippen LogP contribution in [0.25, 0.3) is 0 Å². The maximum absolute atomic E-state index is 8.42. The third-order valence-electron chi connectivity index (χ3n) is 10.1. The average molecular weight is 906 g/mol. The predicted molar refractivity (Wildman–Crippen MR) is 309 cm³/mol. The van der Waals surface area contributed by atoms with Crippen LogP contribution < -0.4 is 0 Å². The summed E-state index contributed by atoms with van der Waals surface area (Å²) < 4.78 is 0. The molecular weight excluding hydrogens is 761 g/mol. The first-order valence-corrected chi connectivity index (χ1v) is 30.3. The van der Waals surface area contributed by atoms with Gasteiger partial charge in [0.25, 0.3) is 0 Å². The molecule has 0 unspecified atom stereocenters. The third kappa shape index (κ3) is 205. The molecule has 0 aromatic heterocycles. The molecule has 0 bridgehead atoms. The molecule has 0 amide bonds. The Hall–Kier alpha value is -0.0400. The third-order valence-corrected chi connectivity index (χ3v) is 10.1. The van der Waals surface area contributed by atoms with Crippen molar-refractivity contribution < 1.29 is 5.11 Å². The zero-order valence-electron chi connectivity index (χ0n) is 49.9. The molecule has 0 aromatic carbocycles. The summed E-state index contributed by atoms with van der Waals surface area (Å²) >= 11 is 0. The highest BCUT2D eigenvalue weighted by atomic mass is 16.2. The molecule has 1 heteroatoms. The number of rotatable bonds is 33. The molecule has 0 rings (SSSR count). The Morgan fingerprint density at radius 2 is 0.206 bits per heavy atom. The van der Waals surface area contributed by atoms with Gasteiger partial charge in [-0.2, -0.15) is 0 Å². The summed E-state index contributed by atoms with van der Waals surface area (Å²) in [5, 5.41) is 8.42. The molecule has 1 nitrogen and oxygen atoms in total. The highest BCUT2D eigenvalue weighted by molar-refractivity contribution is 4.42. The van der Waals surface area contributed by atoms with Crippen LogP contribution in [0.15, 0.2) is 0 Å². The normalized spacial score (nSPS) is 9.14. The molecule has 0 aliphatic heterocycles. The Kier molecular flexibility index (Phi) is 171. The molecule has 0 aliphatic carbocycles. The highest BCUT2D eigenvalue weighted by Gasteiger charge is 1.86. The summed E-state index contributed by atoms with van der Waals surface area (Å²) in [7, 11) is 0. The Labute approximate surface area is 411 Å². The second-order valence-corrected chi connectivity index (χ2v) is 17.9. The number of aliphatic hydroxyl groups is 1. The Morgan fingerprint density at radius 3 is 0.302 bits per heavy atom. The Bertz CT molecular complexity index is 318. The van der Waals surface area contributed by atoms with E-state index in [4.69, 9.17) is 5.11 Å². The van der Waals surface area contributed by atoms with Crippen LogP contribution in [0.3, 0.4) is 0 Å². The van der Waals surface area contributed by atoms with E-state index in [1.165, 1.54) is 263 Å². The van der Waals surface area contributed by atoms with Gasteiger partial charge >= 0.3 is 0 Å². The minimum atomic E-state index is 0.367. The molecule has 0 spiro atoms. The van der Waals surface area contributed by atoms with Crippen LogP contribution in [0.4, 0.5) is 0 Å². The predicted octanol–water partition coefficient (Wildman–Crippen LogP) is 25.6. The second kappa shape index (κ2) is 125. The summed E-state index contributed by atoms with van der Waals surface area (Å²) in [6.45, 7) is 42.8.